The molecule has 0 radical (unpaired) electrons. The summed E-state index contributed by atoms with van der Waals surface area (Å²) < 4.78 is 38.3. The van der Waals surface area contributed by atoms with E-state index in [1.54, 1.807) is 30.3 Å². The van der Waals surface area contributed by atoms with Crippen molar-refractivity contribution in [3.63, 3.8) is 0 Å². The second kappa shape index (κ2) is 9.00. The summed E-state index contributed by atoms with van der Waals surface area (Å²) in [6, 6.07) is 15.9. The highest BCUT2D eigenvalue weighted by atomic mass is 32.2. The van der Waals surface area contributed by atoms with Crippen LogP contribution in [0.4, 0.5) is 5.69 Å². The molecule has 4 rings (SSSR count). The number of esters is 2. The SMILES string of the molecule is C=C1CC(C(=O)OC)(C(=O)OC)C/C1=C/CC1(C)CN(S(=O)(=O)c2ccccc2)c2ccccc21. The number of carbonyl (C=O) groups is 2. The number of fused-ring (bicyclic) bond motifs is 1. The molecule has 0 N–H and O–H groups in total. The molecular formula is C27H29NO6S. The summed E-state index contributed by atoms with van der Waals surface area (Å²) in [4.78, 5) is 25.3. The number of anilines is 1. The smallest absolute Gasteiger partial charge is 0.323 e. The lowest BCUT2D eigenvalue weighted by Gasteiger charge is -2.25. The van der Waals surface area contributed by atoms with Crippen LogP contribution in [0.25, 0.3) is 0 Å². The lowest BCUT2D eigenvalue weighted by atomic mass is 9.80. The first-order valence-electron chi connectivity index (χ1n) is 11.3. The van der Waals surface area contributed by atoms with Gasteiger partial charge in [-0.25, -0.2) is 8.42 Å². The highest BCUT2D eigenvalue weighted by Crippen LogP contribution is 2.49. The van der Waals surface area contributed by atoms with Gasteiger partial charge in [0.15, 0.2) is 5.41 Å². The molecule has 1 fully saturated rings. The molecule has 0 spiro atoms. The number of sulfonamides is 1. The first-order chi connectivity index (χ1) is 16.6. The fraction of sp³-hybridized carbons (Fsp3) is 0.333. The van der Waals surface area contributed by atoms with Crippen LogP contribution in [0.1, 0.15) is 31.7 Å². The van der Waals surface area contributed by atoms with E-state index in [2.05, 4.69) is 6.58 Å². The van der Waals surface area contributed by atoms with Crippen molar-refractivity contribution >= 4 is 27.6 Å². The molecule has 1 saturated carbocycles. The molecule has 8 heteroatoms. The van der Waals surface area contributed by atoms with Crippen LogP contribution in [0.3, 0.4) is 0 Å². The summed E-state index contributed by atoms with van der Waals surface area (Å²) in [5.74, 6) is -1.29. The standard InChI is InChI=1S/C27H29NO6S/c1-19-16-27(24(29)33-3,25(30)34-4)17-20(19)14-15-26(2)18-28(23-13-9-8-12-22(23)26)35(31,32)21-10-6-5-7-11-21/h5-14H,1,15-18H2,2-4H3/b20-14-. The molecule has 2 aromatic rings. The number of hydrogen-bond acceptors (Lipinski definition) is 6. The van der Waals surface area contributed by atoms with E-state index in [4.69, 9.17) is 9.47 Å². The van der Waals surface area contributed by atoms with E-state index >= 15 is 0 Å². The van der Waals surface area contributed by atoms with Gasteiger partial charge in [0.25, 0.3) is 10.0 Å². The summed E-state index contributed by atoms with van der Waals surface area (Å²) in [7, 11) is -1.25. The molecule has 0 aromatic heterocycles. The molecule has 35 heavy (non-hydrogen) atoms. The van der Waals surface area contributed by atoms with Crippen molar-refractivity contribution in [1.29, 1.82) is 0 Å². The minimum absolute atomic E-state index is 0.125. The Morgan fingerprint density at radius 2 is 1.60 bits per heavy atom. The lowest BCUT2D eigenvalue weighted by Crippen LogP contribution is -2.38. The Labute approximate surface area is 206 Å². The van der Waals surface area contributed by atoms with Crippen LogP contribution in [0.15, 0.2) is 83.3 Å². The van der Waals surface area contributed by atoms with E-state index in [1.807, 2.05) is 37.3 Å². The minimum atomic E-state index is -3.75. The van der Waals surface area contributed by atoms with Gasteiger partial charge in [-0.3, -0.25) is 13.9 Å². The van der Waals surface area contributed by atoms with Gasteiger partial charge < -0.3 is 9.47 Å². The number of para-hydroxylation sites is 1. The Kier molecular flexibility index (Phi) is 6.36. The number of methoxy groups -OCH3 is 2. The lowest BCUT2D eigenvalue weighted by molar-refractivity contribution is -0.168. The summed E-state index contributed by atoms with van der Waals surface area (Å²) in [5, 5.41) is 0. The van der Waals surface area contributed by atoms with E-state index in [-0.39, 0.29) is 24.3 Å². The molecule has 184 valence electrons. The molecule has 0 amide bonds. The van der Waals surface area contributed by atoms with Crippen LogP contribution >= 0.6 is 0 Å². The van der Waals surface area contributed by atoms with E-state index in [0.717, 1.165) is 11.1 Å². The van der Waals surface area contributed by atoms with Gasteiger partial charge in [-0.1, -0.05) is 61.5 Å². The van der Waals surface area contributed by atoms with Gasteiger partial charge in [0.2, 0.25) is 0 Å². The Morgan fingerprint density at radius 1 is 1.00 bits per heavy atom. The monoisotopic (exact) mass is 495 g/mol. The largest absolute Gasteiger partial charge is 0.468 e. The van der Waals surface area contributed by atoms with Crippen molar-refractivity contribution in [2.75, 3.05) is 25.1 Å². The van der Waals surface area contributed by atoms with Crippen LogP contribution in [0, 0.1) is 5.41 Å². The average molecular weight is 496 g/mol. The zero-order valence-electron chi connectivity index (χ0n) is 20.1. The zero-order valence-corrected chi connectivity index (χ0v) is 20.9. The number of ether oxygens (including phenoxy) is 2. The predicted molar refractivity (Wildman–Crippen MR) is 132 cm³/mol. The number of allylic oxidation sites excluding steroid dienone is 3. The van der Waals surface area contributed by atoms with E-state index in [0.29, 0.717) is 17.7 Å². The normalized spacial score (nSPS) is 22.2. The molecule has 1 heterocycles. The fourth-order valence-electron chi connectivity index (χ4n) is 5.12. The molecule has 2 aromatic carbocycles. The van der Waals surface area contributed by atoms with E-state index in [1.165, 1.54) is 18.5 Å². The number of nitrogens with zero attached hydrogens (tertiary/aromatic N) is 1. The average Bonchev–Trinajstić information content (AvgIpc) is 3.38. The summed E-state index contributed by atoms with van der Waals surface area (Å²) in [6.07, 6.45) is 2.72. The maximum absolute atomic E-state index is 13.5. The summed E-state index contributed by atoms with van der Waals surface area (Å²) in [5.41, 5.74) is 1.07. The van der Waals surface area contributed by atoms with Gasteiger partial charge >= 0.3 is 11.9 Å². The van der Waals surface area contributed by atoms with Gasteiger partial charge in [-0.15, -0.1) is 0 Å². The van der Waals surface area contributed by atoms with Crippen molar-refractivity contribution in [2.24, 2.45) is 5.41 Å². The van der Waals surface area contributed by atoms with Gasteiger partial charge in [0, 0.05) is 12.0 Å². The Balaban J connectivity index is 1.67. The fourth-order valence-corrected chi connectivity index (χ4v) is 6.74. The third-order valence-corrected chi connectivity index (χ3v) is 8.83. The molecule has 2 aliphatic rings. The van der Waals surface area contributed by atoms with Crippen molar-refractivity contribution < 1.29 is 27.5 Å². The number of carbonyl (C=O) groups excluding carboxylic acids is 2. The maximum Gasteiger partial charge on any atom is 0.323 e. The topological polar surface area (TPSA) is 90.0 Å². The Morgan fingerprint density at radius 3 is 2.23 bits per heavy atom. The molecule has 0 bridgehead atoms. The molecule has 1 unspecified atom stereocenters. The highest BCUT2D eigenvalue weighted by molar-refractivity contribution is 7.92. The third kappa shape index (κ3) is 4.05. The maximum atomic E-state index is 13.5. The Bertz CT molecular complexity index is 1300. The number of hydrogen-bond donors (Lipinski definition) is 0. The van der Waals surface area contributed by atoms with Crippen molar-refractivity contribution in [3.05, 3.63) is 84.0 Å². The van der Waals surface area contributed by atoms with Crippen molar-refractivity contribution in [1.82, 2.24) is 0 Å². The van der Waals surface area contributed by atoms with Crippen LogP contribution in [-0.2, 0) is 34.5 Å². The van der Waals surface area contributed by atoms with Crippen LogP contribution in [0.5, 0.6) is 0 Å². The summed E-state index contributed by atoms with van der Waals surface area (Å²) >= 11 is 0. The van der Waals surface area contributed by atoms with Crippen molar-refractivity contribution in [3.8, 4) is 0 Å². The highest BCUT2D eigenvalue weighted by Gasteiger charge is 2.53. The summed E-state index contributed by atoms with van der Waals surface area (Å²) in [6.45, 7) is 6.37. The van der Waals surface area contributed by atoms with Gasteiger partial charge in [-0.05, 0) is 48.6 Å². The second-order valence-corrected chi connectivity index (χ2v) is 11.2. The molecule has 1 aliphatic carbocycles. The van der Waals surface area contributed by atoms with Crippen LogP contribution < -0.4 is 4.31 Å². The third-order valence-electron chi connectivity index (χ3n) is 7.06. The zero-order chi connectivity index (χ0) is 25.4. The van der Waals surface area contributed by atoms with E-state index < -0.39 is 32.8 Å². The minimum Gasteiger partial charge on any atom is -0.468 e. The number of benzene rings is 2. The van der Waals surface area contributed by atoms with Crippen LogP contribution in [0.2, 0.25) is 0 Å². The van der Waals surface area contributed by atoms with Crippen molar-refractivity contribution in [2.45, 2.75) is 36.5 Å². The van der Waals surface area contributed by atoms with Gasteiger partial charge in [0.05, 0.1) is 24.8 Å². The number of rotatable bonds is 6. The quantitative estimate of drug-likeness (QED) is 0.442. The van der Waals surface area contributed by atoms with Gasteiger partial charge in [0.1, 0.15) is 0 Å². The predicted octanol–water partition coefficient (Wildman–Crippen LogP) is 4.15. The van der Waals surface area contributed by atoms with Gasteiger partial charge in [-0.2, -0.15) is 0 Å². The van der Waals surface area contributed by atoms with Crippen LogP contribution in [-0.4, -0.2) is 41.1 Å². The Hall–Kier alpha value is -3.39. The first kappa shape index (κ1) is 24.7. The second-order valence-electron chi connectivity index (χ2n) is 9.36. The molecular weight excluding hydrogens is 466 g/mol. The molecule has 1 aliphatic heterocycles. The molecule has 0 saturated heterocycles. The molecule has 1 atom stereocenters. The molecule has 7 nitrogen and oxygen atoms in total. The first-order valence-corrected chi connectivity index (χ1v) is 12.7. The van der Waals surface area contributed by atoms with E-state index in [9.17, 15) is 18.0 Å².